The predicted octanol–water partition coefficient (Wildman–Crippen LogP) is 4.67. The Balaban J connectivity index is 1.89. The van der Waals surface area contributed by atoms with Gasteiger partial charge >= 0.3 is 0 Å². The monoisotopic (exact) mass is 325 g/mol. The molecular formula is C23H21N2+. The summed E-state index contributed by atoms with van der Waals surface area (Å²) in [5, 5.41) is 0. The third-order valence-corrected chi connectivity index (χ3v) is 4.59. The molecule has 0 saturated carbocycles. The molecule has 0 spiro atoms. The minimum atomic E-state index is 0.852. The highest BCUT2D eigenvalue weighted by Crippen LogP contribution is 2.18. The Morgan fingerprint density at radius 3 is 2.04 bits per heavy atom. The molecule has 0 atom stereocenters. The first-order valence-corrected chi connectivity index (χ1v) is 8.59. The molecule has 0 radical (unpaired) electrons. The van der Waals surface area contributed by atoms with Gasteiger partial charge in [-0.25, -0.2) is 4.57 Å². The van der Waals surface area contributed by atoms with Gasteiger partial charge in [0, 0.05) is 0 Å². The molecule has 2 nitrogen and oxygen atoms in total. The summed E-state index contributed by atoms with van der Waals surface area (Å²) >= 11 is 0. The van der Waals surface area contributed by atoms with Gasteiger partial charge in [-0.05, 0) is 23.3 Å². The van der Waals surface area contributed by atoms with Gasteiger partial charge in [-0.1, -0.05) is 79.4 Å². The van der Waals surface area contributed by atoms with Gasteiger partial charge in [0.25, 0.3) is 5.82 Å². The fraction of sp³-hybridized carbons (Fsp3) is 0.0870. The maximum Gasteiger partial charge on any atom is 0.266 e. The summed E-state index contributed by atoms with van der Waals surface area (Å²) in [7, 11) is 0. The van der Waals surface area contributed by atoms with E-state index < -0.39 is 0 Å². The maximum absolute atomic E-state index is 4.05. The molecule has 3 aromatic carbocycles. The van der Waals surface area contributed by atoms with E-state index in [1.54, 1.807) is 0 Å². The summed E-state index contributed by atoms with van der Waals surface area (Å²) in [6.07, 6.45) is 2.79. The number of hydrogen-bond acceptors (Lipinski definition) is 0. The van der Waals surface area contributed by atoms with Crippen LogP contribution in [0.25, 0.3) is 17.2 Å². The third kappa shape index (κ3) is 2.99. The van der Waals surface area contributed by atoms with E-state index in [1.807, 2.05) is 6.20 Å². The van der Waals surface area contributed by atoms with Crippen molar-refractivity contribution in [3.8, 4) is 0 Å². The van der Waals surface area contributed by atoms with Crippen LogP contribution < -0.4 is 4.57 Å². The van der Waals surface area contributed by atoms with Crippen LogP contribution in [0.4, 0.5) is 0 Å². The first kappa shape index (κ1) is 15.4. The first-order chi connectivity index (χ1) is 12.4. The standard InChI is InChI=1S/C23H21N2/c1-2-24-21-15-9-10-16-22(21)25(18-20-13-7-4-8-14-20)23(24)17-19-11-5-3-6-12-19/h2-16H,1,17-18H2/q+1. The van der Waals surface area contributed by atoms with Crippen molar-refractivity contribution >= 4 is 17.2 Å². The second-order valence-corrected chi connectivity index (χ2v) is 6.19. The maximum atomic E-state index is 4.05. The SMILES string of the molecule is C=Cn1c(Cc2ccccc2)[n+](Cc2ccccc2)c2ccccc21. The van der Waals surface area contributed by atoms with Crippen LogP contribution in [0.5, 0.6) is 0 Å². The number of rotatable bonds is 5. The molecule has 25 heavy (non-hydrogen) atoms. The van der Waals surface area contributed by atoms with Crippen molar-refractivity contribution in [2.24, 2.45) is 0 Å². The van der Waals surface area contributed by atoms with E-state index in [9.17, 15) is 0 Å². The van der Waals surface area contributed by atoms with Crippen LogP contribution in [0.2, 0.25) is 0 Å². The molecule has 0 aliphatic carbocycles. The minimum Gasteiger partial charge on any atom is -0.222 e. The molecule has 0 saturated heterocycles. The van der Waals surface area contributed by atoms with Gasteiger partial charge in [0.15, 0.2) is 11.0 Å². The molecule has 1 aromatic heterocycles. The van der Waals surface area contributed by atoms with Crippen molar-refractivity contribution in [2.45, 2.75) is 13.0 Å². The Morgan fingerprint density at radius 2 is 1.36 bits per heavy atom. The molecule has 2 heteroatoms. The van der Waals surface area contributed by atoms with Crippen LogP contribution in [0, 0.1) is 0 Å². The van der Waals surface area contributed by atoms with Crippen LogP contribution in [-0.2, 0) is 13.0 Å². The van der Waals surface area contributed by atoms with Crippen molar-refractivity contribution in [3.05, 3.63) is 108 Å². The van der Waals surface area contributed by atoms with Crippen molar-refractivity contribution in [2.75, 3.05) is 0 Å². The van der Waals surface area contributed by atoms with E-state index in [-0.39, 0.29) is 0 Å². The molecular weight excluding hydrogens is 304 g/mol. The zero-order valence-corrected chi connectivity index (χ0v) is 14.2. The highest BCUT2D eigenvalue weighted by Gasteiger charge is 2.23. The van der Waals surface area contributed by atoms with Crippen molar-refractivity contribution < 1.29 is 4.57 Å². The van der Waals surface area contributed by atoms with Gasteiger partial charge in [-0.15, -0.1) is 0 Å². The van der Waals surface area contributed by atoms with Gasteiger partial charge in [0.05, 0.1) is 12.6 Å². The smallest absolute Gasteiger partial charge is 0.222 e. The van der Waals surface area contributed by atoms with E-state index in [4.69, 9.17) is 0 Å². The quantitative estimate of drug-likeness (QED) is 0.472. The zero-order chi connectivity index (χ0) is 17.1. The Hall–Kier alpha value is -3.13. The summed E-state index contributed by atoms with van der Waals surface area (Å²) in [4.78, 5) is 0. The lowest BCUT2D eigenvalue weighted by atomic mass is 10.1. The number of fused-ring (bicyclic) bond motifs is 1. The highest BCUT2D eigenvalue weighted by molar-refractivity contribution is 5.74. The van der Waals surface area contributed by atoms with E-state index in [0.717, 1.165) is 13.0 Å². The molecule has 0 aliphatic heterocycles. The molecule has 0 bridgehead atoms. The average Bonchev–Trinajstić information content (AvgIpc) is 2.96. The third-order valence-electron chi connectivity index (χ3n) is 4.59. The molecule has 0 aliphatic rings. The predicted molar refractivity (Wildman–Crippen MR) is 103 cm³/mol. The van der Waals surface area contributed by atoms with Crippen LogP contribution >= 0.6 is 0 Å². The number of hydrogen-bond donors (Lipinski definition) is 0. The van der Waals surface area contributed by atoms with Gasteiger partial charge in [-0.2, -0.15) is 4.57 Å². The van der Waals surface area contributed by atoms with Crippen LogP contribution in [0.15, 0.2) is 91.5 Å². The van der Waals surface area contributed by atoms with Gasteiger partial charge in [0.1, 0.15) is 6.54 Å². The zero-order valence-electron chi connectivity index (χ0n) is 14.2. The van der Waals surface area contributed by atoms with Gasteiger partial charge in [-0.3, -0.25) is 0 Å². The average molecular weight is 325 g/mol. The van der Waals surface area contributed by atoms with Gasteiger partial charge < -0.3 is 0 Å². The summed E-state index contributed by atoms with van der Waals surface area (Å²) in [6, 6.07) is 29.8. The summed E-state index contributed by atoms with van der Waals surface area (Å²) in [6.45, 7) is 4.90. The Kier molecular flexibility index (Phi) is 4.17. The molecule has 1 heterocycles. The van der Waals surface area contributed by atoms with Crippen molar-refractivity contribution in [3.63, 3.8) is 0 Å². The molecule has 0 amide bonds. The number of para-hydroxylation sites is 2. The summed E-state index contributed by atoms with van der Waals surface area (Å²) in [5.74, 6) is 1.24. The fourth-order valence-electron chi connectivity index (χ4n) is 3.41. The van der Waals surface area contributed by atoms with E-state index in [0.29, 0.717) is 0 Å². The van der Waals surface area contributed by atoms with Crippen molar-refractivity contribution in [1.29, 1.82) is 0 Å². The minimum absolute atomic E-state index is 0.852. The lowest BCUT2D eigenvalue weighted by Gasteiger charge is -2.04. The number of benzene rings is 3. The molecule has 0 N–H and O–H groups in total. The second-order valence-electron chi connectivity index (χ2n) is 6.19. The highest BCUT2D eigenvalue weighted by atomic mass is 15.2. The van der Waals surface area contributed by atoms with E-state index >= 15 is 0 Å². The lowest BCUT2D eigenvalue weighted by Crippen LogP contribution is -2.38. The Morgan fingerprint density at radius 1 is 0.760 bits per heavy atom. The summed E-state index contributed by atoms with van der Waals surface area (Å²) < 4.78 is 4.62. The van der Waals surface area contributed by atoms with Crippen LogP contribution in [0.3, 0.4) is 0 Å². The van der Waals surface area contributed by atoms with Crippen LogP contribution in [-0.4, -0.2) is 4.57 Å². The molecule has 122 valence electrons. The molecule has 0 fully saturated rings. The van der Waals surface area contributed by atoms with Gasteiger partial charge in [0.2, 0.25) is 0 Å². The van der Waals surface area contributed by atoms with E-state index in [2.05, 4.69) is 101 Å². The van der Waals surface area contributed by atoms with Crippen LogP contribution in [0.1, 0.15) is 17.0 Å². The van der Waals surface area contributed by atoms with Crippen molar-refractivity contribution in [1.82, 2.24) is 4.57 Å². The Bertz CT molecular complexity index is 998. The topological polar surface area (TPSA) is 8.81 Å². The second kappa shape index (κ2) is 6.78. The lowest BCUT2D eigenvalue weighted by molar-refractivity contribution is -0.670. The Labute approximate surface area is 148 Å². The summed E-state index contributed by atoms with van der Waals surface area (Å²) in [5.41, 5.74) is 5.03. The molecule has 4 rings (SSSR count). The number of nitrogens with zero attached hydrogens (tertiary/aromatic N) is 2. The fourth-order valence-corrected chi connectivity index (χ4v) is 3.41. The molecule has 0 unspecified atom stereocenters. The number of aromatic nitrogens is 2. The number of imidazole rings is 1. The largest absolute Gasteiger partial charge is 0.266 e. The normalized spacial score (nSPS) is 10.9. The first-order valence-electron chi connectivity index (χ1n) is 8.59. The van der Waals surface area contributed by atoms with E-state index in [1.165, 1.54) is 28.0 Å². The molecule has 4 aromatic rings.